The molecule has 0 aliphatic rings. The van der Waals surface area contributed by atoms with Crippen LogP contribution in [-0.2, 0) is 6.54 Å². The van der Waals surface area contributed by atoms with E-state index in [0.717, 1.165) is 16.8 Å². The molecule has 2 rings (SSSR count). The molecule has 0 saturated heterocycles. The number of pyridine rings is 1. The van der Waals surface area contributed by atoms with Gasteiger partial charge >= 0.3 is 0 Å². The van der Waals surface area contributed by atoms with Crippen LogP contribution in [-0.4, -0.2) is 4.98 Å². The maximum atomic E-state index is 4.15. The standard InChI is InChI=1S/C12H11BrN2/c13-12-7-6-11(9-15-12)14-8-10-4-2-1-3-5-10/h1-7,9,14H,8H2. The predicted molar refractivity (Wildman–Crippen MR) is 65.7 cm³/mol. The Morgan fingerprint density at radius 1 is 1.07 bits per heavy atom. The van der Waals surface area contributed by atoms with Gasteiger partial charge in [-0.1, -0.05) is 30.3 Å². The van der Waals surface area contributed by atoms with Crippen molar-refractivity contribution in [3.8, 4) is 0 Å². The SMILES string of the molecule is Brc1ccc(NCc2ccccc2)cn1. The van der Waals surface area contributed by atoms with Crippen molar-refractivity contribution in [1.82, 2.24) is 4.98 Å². The zero-order chi connectivity index (χ0) is 10.5. The van der Waals surface area contributed by atoms with E-state index in [9.17, 15) is 0 Å². The lowest BCUT2D eigenvalue weighted by molar-refractivity contribution is 1.13. The van der Waals surface area contributed by atoms with Gasteiger partial charge in [0.05, 0.1) is 11.9 Å². The molecule has 2 nitrogen and oxygen atoms in total. The van der Waals surface area contributed by atoms with E-state index in [1.165, 1.54) is 5.56 Å². The van der Waals surface area contributed by atoms with Crippen LogP contribution in [0, 0.1) is 0 Å². The highest BCUT2D eigenvalue weighted by molar-refractivity contribution is 9.10. The number of rotatable bonds is 3. The summed E-state index contributed by atoms with van der Waals surface area (Å²) in [5, 5.41) is 3.30. The summed E-state index contributed by atoms with van der Waals surface area (Å²) >= 11 is 3.30. The molecule has 76 valence electrons. The van der Waals surface area contributed by atoms with E-state index in [1.54, 1.807) is 0 Å². The largest absolute Gasteiger partial charge is 0.380 e. The average Bonchev–Trinajstić information content (AvgIpc) is 2.30. The monoisotopic (exact) mass is 262 g/mol. The smallest absolute Gasteiger partial charge is 0.106 e. The van der Waals surface area contributed by atoms with Crippen LogP contribution in [0.1, 0.15) is 5.56 Å². The summed E-state index contributed by atoms with van der Waals surface area (Å²) in [6, 6.07) is 14.2. The first kappa shape index (κ1) is 10.2. The Hall–Kier alpha value is -1.35. The Morgan fingerprint density at radius 3 is 2.53 bits per heavy atom. The molecule has 1 aromatic heterocycles. The van der Waals surface area contributed by atoms with E-state index in [0.29, 0.717) is 0 Å². The molecule has 0 fully saturated rings. The van der Waals surface area contributed by atoms with E-state index >= 15 is 0 Å². The highest BCUT2D eigenvalue weighted by Crippen LogP contribution is 2.11. The van der Waals surface area contributed by atoms with E-state index in [4.69, 9.17) is 0 Å². The molecule has 1 aromatic carbocycles. The van der Waals surface area contributed by atoms with Crippen molar-refractivity contribution >= 4 is 21.6 Å². The molecule has 1 N–H and O–H groups in total. The molecule has 0 unspecified atom stereocenters. The quantitative estimate of drug-likeness (QED) is 0.858. The number of benzene rings is 1. The van der Waals surface area contributed by atoms with Gasteiger partial charge in [0.2, 0.25) is 0 Å². The minimum atomic E-state index is 0.824. The Bertz CT molecular complexity index is 411. The fourth-order valence-electron chi connectivity index (χ4n) is 1.28. The third-order valence-electron chi connectivity index (χ3n) is 2.07. The van der Waals surface area contributed by atoms with Crippen LogP contribution in [0.3, 0.4) is 0 Å². The van der Waals surface area contributed by atoms with Crippen LogP contribution in [0.4, 0.5) is 5.69 Å². The fraction of sp³-hybridized carbons (Fsp3) is 0.0833. The van der Waals surface area contributed by atoms with Crippen LogP contribution in [0.5, 0.6) is 0 Å². The van der Waals surface area contributed by atoms with E-state index in [1.807, 2.05) is 36.5 Å². The third kappa shape index (κ3) is 3.06. The molecule has 0 amide bonds. The molecule has 15 heavy (non-hydrogen) atoms. The summed E-state index contributed by atoms with van der Waals surface area (Å²) in [5.74, 6) is 0. The second kappa shape index (κ2) is 4.94. The lowest BCUT2D eigenvalue weighted by Gasteiger charge is -2.05. The highest BCUT2D eigenvalue weighted by Gasteiger charge is 1.93. The molecular formula is C12H11BrN2. The van der Waals surface area contributed by atoms with Crippen molar-refractivity contribution in [3.05, 3.63) is 58.8 Å². The van der Waals surface area contributed by atoms with Crippen LogP contribution in [0.2, 0.25) is 0 Å². The van der Waals surface area contributed by atoms with Crippen molar-refractivity contribution < 1.29 is 0 Å². The van der Waals surface area contributed by atoms with Crippen LogP contribution in [0.25, 0.3) is 0 Å². The Morgan fingerprint density at radius 2 is 1.87 bits per heavy atom. The van der Waals surface area contributed by atoms with Crippen molar-refractivity contribution in [2.75, 3.05) is 5.32 Å². The van der Waals surface area contributed by atoms with E-state index in [2.05, 4.69) is 38.4 Å². The van der Waals surface area contributed by atoms with Gasteiger partial charge in [-0.05, 0) is 33.6 Å². The molecular weight excluding hydrogens is 252 g/mol. The zero-order valence-corrected chi connectivity index (χ0v) is 9.74. The predicted octanol–water partition coefficient (Wildman–Crippen LogP) is 3.46. The summed E-state index contributed by atoms with van der Waals surface area (Å²) in [7, 11) is 0. The van der Waals surface area contributed by atoms with Gasteiger partial charge in [-0.15, -0.1) is 0 Å². The number of aromatic nitrogens is 1. The molecule has 0 atom stereocenters. The summed E-state index contributed by atoms with van der Waals surface area (Å²) in [6.45, 7) is 0.824. The summed E-state index contributed by atoms with van der Waals surface area (Å²) in [6.07, 6.45) is 1.81. The Balaban J connectivity index is 1.96. The van der Waals surface area contributed by atoms with Gasteiger partial charge in [-0.3, -0.25) is 0 Å². The minimum Gasteiger partial charge on any atom is -0.380 e. The van der Waals surface area contributed by atoms with Crippen LogP contribution >= 0.6 is 15.9 Å². The van der Waals surface area contributed by atoms with Gasteiger partial charge in [-0.25, -0.2) is 4.98 Å². The van der Waals surface area contributed by atoms with E-state index < -0.39 is 0 Å². The van der Waals surface area contributed by atoms with Crippen molar-refractivity contribution in [3.63, 3.8) is 0 Å². The highest BCUT2D eigenvalue weighted by atomic mass is 79.9. The molecule has 1 heterocycles. The fourth-order valence-corrected chi connectivity index (χ4v) is 1.51. The summed E-state index contributed by atoms with van der Waals surface area (Å²) < 4.78 is 0.854. The zero-order valence-electron chi connectivity index (χ0n) is 8.15. The number of nitrogens with zero attached hydrogens (tertiary/aromatic N) is 1. The van der Waals surface area contributed by atoms with E-state index in [-0.39, 0.29) is 0 Å². The van der Waals surface area contributed by atoms with Crippen LogP contribution in [0.15, 0.2) is 53.3 Å². The minimum absolute atomic E-state index is 0.824. The molecule has 2 aromatic rings. The Labute approximate surface area is 97.5 Å². The second-order valence-corrected chi connectivity index (χ2v) is 4.02. The van der Waals surface area contributed by atoms with Crippen molar-refractivity contribution in [2.24, 2.45) is 0 Å². The van der Waals surface area contributed by atoms with Gasteiger partial charge < -0.3 is 5.32 Å². The molecule has 0 radical (unpaired) electrons. The molecule has 0 saturated carbocycles. The van der Waals surface area contributed by atoms with Gasteiger partial charge in [-0.2, -0.15) is 0 Å². The maximum Gasteiger partial charge on any atom is 0.106 e. The summed E-state index contributed by atoms with van der Waals surface area (Å²) in [5.41, 5.74) is 2.29. The van der Waals surface area contributed by atoms with Gasteiger partial charge in [0.1, 0.15) is 4.60 Å². The van der Waals surface area contributed by atoms with Gasteiger partial charge in [0.25, 0.3) is 0 Å². The summed E-state index contributed by atoms with van der Waals surface area (Å²) in [4.78, 5) is 4.15. The molecule has 0 aliphatic carbocycles. The topological polar surface area (TPSA) is 24.9 Å². The van der Waals surface area contributed by atoms with Gasteiger partial charge in [0, 0.05) is 6.54 Å². The second-order valence-electron chi connectivity index (χ2n) is 3.21. The van der Waals surface area contributed by atoms with Crippen LogP contribution < -0.4 is 5.32 Å². The van der Waals surface area contributed by atoms with Crippen molar-refractivity contribution in [2.45, 2.75) is 6.54 Å². The molecule has 0 bridgehead atoms. The normalized spacial score (nSPS) is 9.93. The number of hydrogen-bond donors (Lipinski definition) is 1. The van der Waals surface area contributed by atoms with Gasteiger partial charge in [0.15, 0.2) is 0 Å². The average molecular weight is 263 g/mol. The lowest BCUT2D eigenvalue weighted by atomic mass is 10.2. The first-order valence-corrected chi connectivity index (χ1v) is 5.53. The number of hydrogen-bond acceptors (Lipinski definition) is 2. The molecule has 3 heteroatoms. The number of anilines is 1. The first-order valence-electron chi connectivity index (χ1n) is 4.74. The number of nitrogens with one attached hydrogen (secondary N) is 1. The number of halogens is 1. The third-order valence-corrected chi connectivity index (χ3v) is 2.54. The molecule has 0 spiro atoms. The Kier molecular flexibility index (Phi) is 3.35. The molecule has 0 aliphatic heterocycles. The maximum absolute atomic E-state index is 4.15. The first-order chi connectivity index (χ1) is 7.34. The van der Waals surface area contributed by atoms with Crippen molar-refractivity contribution in [1.29, 1.82) is 0 Å². The lowest BCUT2D eigenvalue weighted by Crippen LogP contribution is -1.99.